The Morgan fingerprint density at radius 2 is 0.402 bits per heavy atom. The van der Waals surface area contributed by atoms with Gasteiger partial charge in [0.05, 0.1) is 0 Å². The summed E-state index contributed by atoms with van der Waals surface area (Å²) in [6.45, 7) is 12.7. The van der Waals surface area contributed by atoms with Crippen LogP contribution < -0.4 is 0 Å². The molecule has 0 aliphatic heterocycles. The fraction of sp³-hybridized carbons (Fsp3) is 0.950. The van der Waals surface area contributed by atoms with Gasteiger partial charge in [-0.15, -0.1) is 0 Å². The van der Waals surface area contributed by atoms with E-state index in [2.05, 4.69) is 52.0 Å². The van der Waals surface area contributed by atoms with Crippen LogP contribution in [0.25, 0.3) is 0 Å². The molecular formula is C80H158O7. The predicted octanol–water partition coefficient (Wildman–Crippen LogP) is 27.0. The molecule has 0 spiro atoms. The van der Waals surface area contributed by atoms with Crippen molar-refractivity contribution in [2.24, 2.45) is 0 Å². The lowest BCUT2D eigenvalue weighted by Gasteiger charge is -2.19. The largest absolute Gasteiger partial charge is 0.353 e. The van der Waals surface area contributed by atoms with Crippen LogP contribution in [0.1, 0.15) is 426 Å². The minimum Gasteiger partial charge on any atom is -0.353 e. The highest BCUT2D eigenvalue weighted by atomic mass is 16.8. The van der Waals surface area contributed by atoms with Crippen molar-refractivity contribution in [3.8, 4) is 0 Å². The van der Waals surface area contributed by atoms with E-state index in [1.165, 1.54) is 372 Å². The Morgan fingerprint density at radius 1 is 0.218 bits per heavy atom. The standard InChI is InChI=1S/C80H158O7/c1-7-11-15-19-23-49-57-65-73-83-79(84-74-66-58-50-24-20-16-12-8-2)71-63-55-47-43-39-35-31-27-29-33-37-41-45-53-61-69-77(81-5)87-78(82-6)70-62-54-46-42-38-34-30-28-32-36-40-44-48-56-64-72-80(85-75-67-59-51-25-21-17-13-9-3)86-76-68-60-52-26-22-18-14-10-4/h61-62,69-70,77-80H,7-60,63-68,71-76H2,1-6H3. The van der Waals surface area contributed by atoms with Crippen molar-refractivity contribution in [1.82, 2.24) is 0 Å². The third kappa shape index (κ3) is 70.9. The van der Waals surface area contributed by atoms with Crippen LogP contribution in [-0.4, -0.2) is 65.8 Å². The number of ether oxygens (including phenoxy) is 7. The molecule has 0 N–H and O–H groups in total. The van der Waals surface area contributed by atoms with Crippen molar-refractivity contribution in [3.05, 3.63) is 24.3 Å². The maximum Gasteiger partial charge on any atom is 0.179 e. The molecule has 0 heterocycles. The second kappa shape index (κ2) is 77.6. The summed E-state index contributed by atoms with van der Waals surface area (Å²) in [5, 5.41) is 0. The first-order valence-corrected chi connectivity index (χ1v) is 39.7. The van der Waals surface area contributed by atoms with Gasteiger partial charge < -0.3 is 33.2 Å². The molecule has 0 saturated carbocycles. The molecule has 0 radical (unpaired) electrons. The van der Waals surface area contributed by atoms with E-state index >= 15 is 0 Å². The summed E-state index contributed by atoms with van der Waals surface area (Å²) < 4.78 is 42.7. The van der Waals surface area contributed by atoms with Gasteiger partial charge in [0.25, 0.3) is 0 Å². The summed E-state index contributed by atoms with van der Waals surface area (Å²) in [7, 11) is 3.43. The minimum atomic E-state index is -0.387. The van der Waals surface area contributed by atoms with Gasteiger partial charge in [0.15, 0.2) is 25.2 Å². The average molecular weight is 1230 g/mol. The maximum atomic E-state index is 6.33. The highest BCUT2D eigenvalue weighted by Crippen LogP contribution is 2.20. The van der Waals surface area contributed by atoms with Gasteiger partial charge in [-0.25, -0.2) is 0 Å². The molecule has 0 aliphatic carbocycles. The van der Waals surface area contributed by atoms with E-state index < -0.39 is 0 Å². The summed E-state index contributed by atoms with van der Waals surface area (Å²) in [5.41, 5.74) is 0. The second-order valence-electron chi connectivity index (χ2n) is 26.8. The smallest absolute Gasteiger partial charge is 0.179 e. The van der Waals surface area contributed by atoms with Gasteiger partial charge in [0.1, 0.15) is 0 Å². The summed E-state index contributed by atoms with van der Waals surface area (Å²) in [6.07, 6.45) is 90.1. The third-order valence-electron chi connectivity index (χ3n) is 18.1. The molecule has 2 atom stereocenters. The zero-order valence-electron chi connectivity index (χ0n) is 60.1. The van der Waals surface area contributed by atoms with Crippen molar-refractivity contribution in [1.29, 1.82) is 0 Å². The van der Waals surface area contributed by atoms with Crippen LogP contribution in [0.15, 0.2) is 24.3 Å². The monoisotopic (exact) mass is 1230 g/mol. The van der Waals surface area contributed by atoms with E-state index in [1.807, 2.05) is 0 Å². The SMILES string of the molecule is CCCCCCCCCCOC(CCCCCCCCCCCCCCCC=CC(OC)OC(C=CCCCCCCCCCCCCCCCC(OCCCCCCCCCC)OCCCCCCCCCC)OC)OCCCCCCCCCC. The lowest BCUT2D eigenvalue weighted by atomic mass is 10.0. The number of methoxy groups -OCH3 is 2. The highest BCUT2D eigenvalue weighted by molar-refractivity contribution is 4.89. The fourth-order valence-electron chi connectivity index (χ4n) is 12.2. The van der Waals surface area contributed by atoms with E-state index in [-0.39, 0.29) is 25.2 Å². The molecule has 2 unspecified atom stereocenters. The Bertz CT molecular complexity index is 1140. The summed E-state index contributed by atoms with van der Waals surface area (Å²) in [5.74, 6) is 0. The Hall–Kier alpha value is -0.800. The Labute approximate surface area is 546 Å². The van der Waals surface area contributed by atoms with Crippen molar-refractivity contribution in [3.63, 3.8) is 0 Å². The lowest BCUT2D eigenvalue weighted by molar-refractivity contribution is -0.188. The van der Waals surface area contributed by atoms with Gasteiger partial charge in [-0.1, -0.05) is 361 Å². The maximum absolute atomic E-state index is 6.33. The van der Waals surface area contributed by atoms with Gasteiger partial charge in [-0.3, -0.25) is 0 Å². The number of rotatable bonds is 78. The molecule has 0 saturated heterocycles. The lowest BCUT2D eigenvalue weighted by Crippen LogP contribution is -2.22. The van der Waals surface area contributed by atoms with E-state index in [0.717, 1.165) is 52.1 Å². The molecule has 0 fully saturated rings. The van der Waals surface area contributed by atoms with Crippen LogP contribution in [0.3, 0.4) is 0 Å². The van der Waals surface area contributed by atoms with E-state index in [4.69, 9.17) is 33.2 Å². The topological polar surface area (TPSA) is 64.6 Å². The molecule has 7 nitrogen and oxygen atoms in total. The Morgan fingerprint density at radius 3 is 0.609 bits per heavy atom. The van der Waals surface area contributed by atoms with E-state index in [9.17, 15) is 0 Å². The molecule has 87 heavy (non-hydrogen) atoms. The summed E-state index contributed by atoms with van der Waals surface area (Å²) in [6, 6.07) is 0. The van der Waals surface area contributed by atoms with Crippen LogP contribution in [0.5, 0.6) is 0 Å². The molecule has 0 aliphatic rings. The van der Waals surface area contributed by atoms with Crippen molar-refractivity contribution >= 4 is 0 Å². The summed E-state index contributed by atoms with van der Waals surface area (Å²) in [4.78, 5) is 0. The van der Waals surface area contributed by atoms with Gasteiger partial charge in [-0.2, -0.15) is 0 Å². The Balaban J connectivity index is 3.96. The van der Waals surface area contributed by atoms with Gasteiger partial charge in [0, 0.05) is 40.6 Å². The van der Waals surface area contributed by atoms with E-state index in [0.29, 0.717) is 0 Å². The number of allylic oxidation sites excluding steroid dienone is 2. The van der Waals surface area contributed by atoms with Gasteiger partial charge >= 0.3 is 0 Å². The van der Waals surface area contributed by atoms with Gasteiger partial charge in [0.2, 0.25) is 0 Å². The molecular weight excluding hydrogens is 1070 g/mol. The first-order chi connectivity index (χ1) is 43.1. The Kier molecular flexibility index (Phi) is 76.9. The fourth-order valence-corrected chi connectivity index (χ4v) is 12.2. The molecule has 0 aromatic rings. The quantitative estimate of drug-likeness (QED) is 0.0341. The minimum absolute atomic E-state index is 0.00809. The van der Waals surface area contributed by atoms with E-state index in [1.54, 1.807) is 14.2 Å². The highest BCUT2D eigenvalue weighted by Gasteiger charge is 2.13. The first-order valence-electron chi connectivity index (χ1n) is 39.7. The third-order valence-corrected chi connectivity index (χ3v) is 18.1. The van der Waals surface area contributed by atoms with Crippen molar-refractivity contribution < 1.29 is 33.2 Å². The molecule has 0 bridgehead atoms. The molecule has 0 aromatic heterocycles. The van der Waals surface area contributed by atoms with Gasteiger partial charge in [-0.05, 0) is 89.2 Å². The van der Waals surface area contributed by atoms with Crippen molar-refractivity contribution in [2.45, 2.75) is 451 Å². The zero-order chi connectivity index (χ0) is 62.8. The molecule has 0 rings (SSSR count). The van der Waals surface area contributed by atoms with Crippen LogP contribution in [0.2, 0.25) is 0 Å². The molecule has 0 aromatic carbocycles. The molecule has 0 amide bonds. The van der Waals surface area contributed by atoms with Crippen LogP contribution in [0.4, 0.5) is 0 Å². The molecule has 7 heteroatoms. The molecule has 520 valence electrons. The van der Waals surface area contributed by atoms with Crippen LogP contribution in [-0.2, 0) is 33.2 Å². The van der Waals surface area contributed by atoms with Crippen LogP contribution >= 0.6 is 0 Å². The first kappa shape index (κ1) is 86.2. The zero-order valence-corrected chi connectivity index (χ0v) is 60.1. The number of hydrogen-bond donors (Lipinski definition) is 0. The van der Waals surface area contributed by atoms with Crippen LogP contribution in [0, 0.1) is 0 Å². The summed E-state index contributed by atoms with van der Waals surface area (Å²) >= 11 is 0. The average Bonchev–Trinajstić information content (AvgIpc) is 3.53. The predicted molar refractivity (Wildman–Crippen MR) is 381 cm³/mol. The second-order valence-corrected chi connectivity index (χ2v) is 26.8. The normalized spacial score (nSPS) is 12.9. The van der Waals surface area contributed by atoms with Crippen molar-refractivity contribution in [2.75, 3.05) is 40.6 Å². The number of hydrogen-bond acceptors (Lipinski definition) is 7. The number of unbranched alkanes of at least 4 members (excludes halogenated alkanes) is 54.